The summed E-state index contributed by atoms with van der Waals surface area (Å²) in [5.41, 5.74) is 3.24. The molecule has 2 heteroatoms. The van der Waals surface area contributed by atoms with Crippen LogP contribution in [0.3, 0.4) is 0 Å². The molecule has 0 saturated heterocycles. The van der Waals surface area contributed by atoms with Crippen LogP contribution < -0.4 is 0 Å². The maximum atomic E-state index is 5.02. The van der Waals surface area contributed by atoms with Gasteiger partial charge in [0.25, 0.3) is 0 Å². The Kier molecular flexibility index (Phi) is 1.48. The fourth-order valence-corrected chi connectivity index (χ4v) is 2.30. The minimum absolute atomic E-state index is 0.707. The molecule has 2 aromatic rings. The van der Waals surface area contributed by atoms with Crippen molar-refractivity contribution < 1.29 is 9.15 Å². The van der Waals surface area contributed by atoms with Crippen LogP contribution in [0.5, 0.6) is 0 Å². The number of rotatable bonds is 1. The molecule has 0 spiro atoms. The highest BCUT2D eigenvalue weighted by Crippen LogP contribution is 2.38. The van der Waals surface area contributed by atoms with Crippen LogP contribution >= 0.6 is 0 Å². The molecule has 1 aliphatic carbocycles. The summed E-state index contributed by atoms with van der Waals surface area (Å²) in [4.78, 5) is 0. The fraction of sp³-hybridized carbons (Fsp3) is 0.455. The van der Waals surface area contributed by atoms with Crippen molar-refractivity contribution in [3.05, 3.63) is 23.8 Å². The summed E-state index contributed by atoms with van der Waals surface area (Å²) in [6, 6.07) is 6.17. The number of para-hydroxylation sites is 1. The average molecular weight is 176 g/mol. The van der Waals surface area contributed by atoms with Crippen LogP contribution in [0.15, 0.2) is 27.4 Å². The molecule has 1 aromatic carbocycles. The second-order valence-corrected chi connectivity index (χ2v) is 3.82. The van der Waals surface area contributed by atoms with Crippen molar-refractivity contribution >= 4 is 11.2 Å². The molecule has 0 N–H and O–H groups in total. The smallest absolute Gasteiger partial charge is 0.229 e. The summed E-state index contributed by atoms with van der Waals surface area (Å²) >= 11 is 0. The first-order chi connectivity index (χ1) is 6.45. The molecule has 0 unspecified atom stereocenters. The van der Waals surface area contributed by atoms with Crippen LogP contribution in [0.2, 0.25) is 0 Å². The van der Waals surface area contributed by atoms with Gasteiger partial charge in [0.15, 0.2) is 0 Å². The van der Waals surface area contributed by atoms with Crippen LogP contribution in [0.4, 0.5) is 0 Å². The van der Waals surface area contributed by atoms with Gasteiger partial charge in [-0.15, -0.1) is 0 Å². The highest BCUT2D eigenvalue weighted by Gasteiger charge is 2.22. The Labute approximate surface area is 76.4 Å². The van der Waals surface area contributed by atoms with E-state index in [2.05, 4.69) is 12.1 Å². The lowest BCUT2D eigenvalue weighted by molar-refractivity contribution is 0.0577. The molecule has 1 fully saturated rings. The van der Waals surface area contributed by atoms with Crippen LogP contribution in [-0.2, 0) is 0 Å². The average Bonchev–Trinajstić information content (AvgIpc) is 2.59. The molecule has 0 amide bonds. The third kappa shape index (κ3) is 1.01. The Bertz CT molecular complexity index is 404. The monoisotopic (exact) mass is 176 g/mol. The fourth-order valence-electron chi connectivity index (χ4n) is 2.30. The zero-order valence-electron chi connectivity index (χ0n) is 7.45. The first-order valence-corrected chi connectivity index (χ1v) is 4.92. The van der Waals surface area contributed by atoms with Crippen molar-refractivity contribution in [2.75, 3.05) is 0 Å². The first-order valence-electron chi connectivity index (χ1n) is 4.92. The quantitative estimate of drug-likeness (QED) is 0.619. The largest absolute Gasteiger partial charge is 0.286 e. The van der Waals surface area contributed by atoms with E-state index in [4.69, 9.17) is 9.15 Å². The van der Waals surface area contributed by atoms with Gasteiger partial charge in [0, 0.05) is 5.56 Å². The molecule has 2 nitrogen and oxygen atoms in total. The van der Waals surface area contributed by atoms with E-state index in [0.717, 1.165) is 11.2 Å². The highest BCUT2D eigenvalue weighted by molar-refractivity contribution is 5.75. The molecule has 1 aromatic heterocycles. The minimum Gasteiger partial charge on any atom is -0.286 e. The van der Waals surface area contributed by atoms with Crippen molar-refractivity contribution in [3.8, 4) is 0 Å². The van der Waals surface area contributed by atoms with Crippen molar-refractivity contribution in [1.29, 1.82) is 0 Å². The van der Waals surface area contributed by atoms with Crippen molar-refractivity contribution in [1.82, 2.24) is 0 Å². The predicted octanol–water partition coefficient (Wildman–Crippen LogP) is 3.68. The second-order valence-electron chi connectivity index (χ2n) is 3.82. The molecule has 0 bridgehead atoms. The Morgan fingerprint density at radius 2 is 1.92 bits per heavy atom. The predicted molar refractivity (Wildman–Crippen MR) is 49.7 cm³/mol. The van der Waals surface area contributed by atoms with E-state index in [-0.39, 0.29) is 0 Å². The van der Waals surface area contributed by atoms with Crippen LogP contribution in [0, 0.1) is 0 Å². The summed E-state index contributed by atoms with van der Waals surface area (Å²) in [5.74, 6) is 0.707. The van der Waals surface area contributed by atoms with Crippen molar-refractivity contribution in [2.24, 2.45) is 0 Å². The third-order valence-corrected chi connectivity index (χ3v) is 3.02. The van der Waals surface area contributed by atoms with Gasteiger partial charge in [-0.1, -0.05) is 25.0 Å². The Balaban J connectivity index is 2.07. The molecule has 0 radical (unpaired) electrons. The number of fused-ring (bicyclic) bond motifs is 1. The van der Waals surface area contributed by atoms with Gasteiger partial charge in [0.2, 0.25) is 11.2 Å². The summed E-state index contributed by atoms with van der Waals surface area (Å²) < 4.78 is 9.90. The molecule has 1 heterocycles. The summed E-state index contributed by atoms with van der Waals surface area (Å²) in [6.45, 7) is 0. The maximum Gasteiger partial charge on any atom is 0.229 e. The van der Waals surface area contributed by atoms with Gasteiger partial charge in [-0.25, -0.2) is 0 Å². The van der Waals surface area contributed by atoms with Crippen LogP contribution in [-0.4, -0.2) is 0 Å². The Morgan fingerprint density at radius 1 is 1.08 bits per heavy atom. The van der Waals surface area contributed by atoms with E-state index in [1.54, 1.807) is 0 Å². The van der Waals surface area contributed by atoms with E-state index in [9.17, 15) is 0 Å². The number of hydrogen-bond donors (Lipinski definition) is 0. The van der Waals surface area contributed by atoms with E-state index < -0.39 is 0 Å². The normalized spacial score (nSPS) is 18.8. The van der Waals surface area contributed by atoms with Gasteiger partial charge in [0.05, 0.1) is 0 Å². The zero-order chi connectivity index (χ0) is 8.67. The standard InChI is InChI=1S/C11H12O2/c1-2-5-8(4-1)9-6-3-7-10-11(9)13-12-10/h3,6-8H,1-2,4-5H2. The van der Waals surface area contributed by atoms with Crippen molar-refractivity contribution in [3.63, 3.8) is 0 Å². The molecule has 0 atom stereocenters. The first kappa shape index (κ1) is 7.25. The zero-order valence-corrected chi connectivity index (χ0v) is 7.45. The van der Waals surface area contributed by atoms with E-state index in [0.29, 0.717) is 5.92 Å². The van der Waals surface area contributed by atoms with Gasteiger partial charge in [-0.05, 0) is 24.8 Å². The molecule has 3 rings (SSSR count). The molecular weight excluding hydrogens is 164 g/mol. The number of benzene rings is 1. The lowest BCUT2D eigenvalue weighted by Crippen LogP contribution is -1.94. The summed E-state index contributed by atoms with van der Waals surface area (Å²) in [5, 5.41) is 0. The van der Waals surface area contributed by atoms with Gasteiger partial charge in [-0.2, -0.15) is 0 Å². The van der Waals surface area contributed by atoms with Crippen LogP contribution in [0.25, 0.3) is 11.2 Å². The maximum absolute atomic E-state index is 5.02. The van der Waals surface area contributed by atoms with Crippen LogP contribution in [0.1, 0.15) is 37.2 Å². The number of hydrogen-bond acceptors (Lipinski definition) is 2. The topological polar surface area (TPSA) is 26.3 Å². The molecule has 68 valence electrons. The van der Waals surface area contributed by atoms with Gasteiger partial charge in [0.1, 0.15) is 0 Å². The van der Waals surface area contributed by atoms with E-state index in [1.165, 1.54) is 31.2 Å². The molecule has 0 aliphatic heterocycles. The van der Waals surface area contributed by atoms with E-state index >= 15 is 0 Å². The van der Waals surface area contributed by atoms with Crippen molar-refractivity contribution in [2.45, 2.75) is 31.6 Å². The second kappa shape index (κ2) is 2.66. The Hall–Kier alpha value is -1.18. The highest BCUT2D eigenvalue weighted by atomic mass is 17.0. The summed E-state index contributed by atoms with van der Waals surface area (Å²) in [6.07, 6.45) is 5.32. The minimum atomic E-state index is 0.707. The van der Waals surface area contributed by atoms with Gasteiger partial charge >= 0.3 is 0 Å². The lowest BCUT2D eigenvalue weighted by atomic mass is 9.97. The lowest BCUT2D eigenvalue weighted by Gasteiger charge is -2.10. The SMILES string of the molecule is c1cc(C2CCCC2)c2ooc2c1. The molecule has 1 saturated carbocycles. The molecule has 13 heavy (non-hydrogen) atoms. The summed E-state index contributed by atoms with van der Waals surface area (Å²) in [7, 11) is 0. The molecular formula is C11H12O2. The third-order valence-electron chi connectivity index (χ3n) is 3.02. The van der Waals surface area contributed by atoms with E-state index in [1.807, 2.05) is 6.07 Å². The Morgan fingerprint density at radius 3 is 2.62 bits per heavy atom. The van der Waals surface area contributed by atoms with Gasteiger partial charge < -0.3 is 0 Å². The molecule has 1 aliphatic rings. The van der Waals surface area contributed by atoms with Gasteiger partial charge in [-0.3, -0.25) is 9.15 Å².